The molecular formula is C34H24N2O3. The van der Waals surface area contributed by atoms with E-state index in [1.807, 2.05) is 72.8 Å². The first-order valence-corrected chi connectivity index (χ1v) is 12.3. The number of nitrogens with zero attached hydrogens (tertiary/aromatic N) is 2. The number of carbonyl (C=O) groups is 1. The molecule has 188 valence electrons. The zero-order valence-corrected chi connectivity index (χ0v) is 20.9. The van der Waals surface area contributed by atoms with E-state index < -0.39 is 5.97 Å². The van der Waals surface area contributed by atoms with Crippen LogP contribution in [0.1, 0.15) is 16.9 Å². The van der Waals surface area contributed by atoms with Crippen LogP contribution >= 0.6 is 0 Å². The molecule has 39 heavy (non-hydrogen) atoms. The summed E-state index contributed by atoms with van der Waals surface area (Å²) in [5.74, 6) is 0.177. The third kappa shape index (κ3) is 6.04. The number of hydrogen-bond donors (Lipinski definition) is 1. The first-order chi connectivity index (χ1) is 19.1. The molecule has 1 aromatic heterocycles. The third-order valence-electron chi connectivity index (χ3n) is 6.09. The molecule has 0 aliphatic heterocycles. The van der Waals surface area contributed by atoms with Gasteiger partial charge in [0, 0.05) is 22.6 Å². The van der Waals surface area contributed by atoms with Gasteiger partial charge in [0.2, 0.25) is 0 Å². The molecule has 0 fully saturated rings. The number of carboxylic acids is 1. The number of benzene rings is 4. The van der Waals surface area contributed by atoms with Crippen molar-refractivity contribution in [2.75, 3.05) is 4.90 Å². The molecule has 1 N–H and O–H groups in total. The average Bonchev–Trinajstić information content (AvgIpc) is 3.46. The van der Waals surface area contributed by atoms with E-state index in [1.54, 1.807) is 12.1 Å². The molecule has 0 radical (unpaired) electrons. The standard InChI is InChI=1S/C34H24N2O3/c1-35-32(34(37)38)24-26-12-17-27(18-13-26)33-23-22-31(39-33)21-16-25-14-19-30(20-15-25)36(28-8-4-2-5-9-28)29-10-6-3-7-11-29/h2-24H,(H,37,38)/b21-16+,32-24-. The summed E-state index contributed by atoms with van der Waals surface area (Å²) in [6.45, 7) is 6.97. The van der Waals surface area contributed by atoms with Crippen molar-refractivity contribution in [1.82, 2.24) is 0 Å². The zero-order chi connectivity index (χ0) is 27.0. The van der Waals surface area contributed by atoms with Gasteiger partial charge in [0.15, 0.2) is 0 Å². The van der Waals surface area contributed by atoms with Gasteiger partial charge < -0.3 is 14.4 Å². The molecule has 0 spiro atoms. The predicted molar refractivity (Wildman–Crippen MR) is 156 cm³/mol. The topological polar surface area (TPSA) is 58.0 Å². The Bertz CT molecular complexity index is 1620. The van der Waals surface area contributed by atoms with Gasteiger partial charge in [0.25, 0.3) is 5.70 Å². The summed E-state index contributed by atoms with van der Waals surface area (Å²) >= 11 is 0. The van der Waals surface area contributed by atoms with Crippen LogP contribution < -0.4 is 4.90 Å². The lowest BCUT2D eigenvalue weighted by atomic mass is 10.1. The van der Waals surface area contributed by atoms with Gasteiger partial charge in [-0.2, -0.15) is 0 Å². The molecule has 5 heteroatoms. The number of aliphatic carboxylic acids is 1. The van der Waals surface area contributed by atoms with Crippen molar-refractivity contribution in [2.24, 2.45) is 0 Å². The summed E-state index contributed by atoms with van der Waals surface area (Å²) in [7, 11) is 0. The highest BCUT2D eigenvalue weighted by Gasteiger charge is 2.11. The molecule has 5 nitrogen and oxygen atoms in total. The van der Waals surface area contributed by atoms with Crippen LogP contribution in [0.3, 0.4) is 0 Å². The second kappa shape index (κ2) is 11.6. The lowest BCUT2D eigenvalue weighted by Gasteiger charge is -2.25. The molecule has 0 atom stereocenters. The van der Waals surface area contributed by atoms with Crippen molar-refractivity contribution in [1.29, 1.82) is 0 Å². The van der Waals surface area contributed by atoms with Gasteiger partial charge in [-0.3, -0.25) is 4.79 Å². The number of rotatable bonds is 8. The Morgan fingerprint density at radius 1 is 0.692 bits per heavy atom. The lowest BCUT2D eigenvalue weighted by molar-refractivity contribution is -0.132. The van der Waals surface area contributed by atoms with Gasteiger partial charge in [-0.25, -0.2) is 4.85 Å². The molecule has 4 aromatic carbocycles. The van der Waals surface area contributed by atoms with Gasteiger partial charge in [0.1, 0.15) is 11.5 Å². The van der Waals surface area contributed by atoms with Crippen LogP contribution in [0, 0.1) is 6.57 Å². The largest absolute Gasteiger partial charge is 0.486 e. The van der Waals surface area contributed by atoms with E-state index in [-0.39, 0.29) is 5.70 Å². The maximum absolute atomic E-state index is 11.0. The highest BCUT2D eigenvalue weighted by Crippen LogP contribution is 2.34. The second-order valence-corrected chi connectivity index (χ2v) is 8.70. The van der Waals surface area contributed by atoms with Crippen molar-refractivity contribution in [3.8, 4) is 11.3 Å². The maximum atomic E-state index is 11.0. The van der Waals surface area contributed by atoms with Crippen molar-refractivity contribution >= 4 is 41.3 Å². The number of hydrogen-bond acceptors (Lipinski definition) is 3. The highest BCUT2D eigenvalue weighted by atomic mass is 16.4. The van der Waals surface area contributed by atoms with Crippen LogP contribution in [0.4, 0.5) is 17.1 Å². The minimum atomic E-state index is -1.24. The Morgan fingerprint density at radius 2 is 1.26 bits per heavy atom. The highest BCUT2D eigenvalue weighted by molar-refractivity contribution is 5.94. The summed E-state index contributed by atoms with van der Waals surface area (Å²) in [5, 5.41) is 9.03. The molecule has 0 amide bonds. The smallest absolute Gasteiger partial charge is 0.333 e. The van der Waals surface area contributed by atoms with Crippen molar-refractivity contribution in [2.45, 2.75) is 0 Å². The second-order valence-electron chi connectivity index (χ2n) is 8.70. The van der Waals surface area contributed by atoms with Gasteiger partial charge in [-0.1, -0.05) is 78.9 Å². The normalized spacial score (nSPS) is 11.3. The van der Waals surface area contributed by atoms with Gasteiger partial charge in [0.05, 0.1) is 6.57 Å². The molecule has 0 aliphatic carbocycles. The Labute approximate surface area is 227 Å². The van der Waals surface area contributed by atoms with E-state index in [9.17, 15) is 4.79 Å². The van der Waals surface area contributed by atoms with Crippen molar-refractivity contribution in [3.05, 3.63) is 155 Å². The average molecular weight is 509 g/mol. The van der Waals surface area contributed by atoms with Crippen LogP contribution in [0.25, 0.3) is 34.4 Å². The monoisotopic (exact) mass is 508 g/mol. The van der Waals surface area contributed by atoms with E-state index in [0.29, 0.717) is 11.3 Å². The predicted octanol–water partition coefficient (Wildman–Crippen LogP) is 8.93. The van der Waals surface area contributed by atoms with E-state index in [2.05, 4.69) is 58.3 Å². The molecule has 0 unspecified atom stereocenters. The van der Waals surface area contributed by atoms with E-state index in [1.165, 1.54) is 6.08 Å². The molecule has 5 rings (SSSR count). The Hall–Kier alpha value is -5.60. The number of para-hydroxylation sites is 2. The molecule has 0 bridgehead atoms. The minimum absolute atomic E-state index is 0.325. The molecule has 1 heterocycles. The van der Waals surface area contributed by atoms with E-state index >= 15 is 0 Å². The fraction of sp³-hybridized carbons (Fsp3) is 0. The first-order valence-electron chi connectivity index (χ1n) is 12.3. The lowest BCUT2D eigenvalue weighted by Crippen LogP contribution is -2.09. The van der Waals surface area contributed by atoms with E-state index in [0.717, 1.165) is 33.9 Å². The maximum Gasteiger partial charge on any atom is 0.333 e. The molecule has 5 aromatic rings. The van der Waals surface area contributed by atoms with Crippen molar-refractivity contribution in [3.63, 3.8) is 0 Å². The van der Waals surface area contributed by atoms with Crippen LogP contribution in [0.15, 0.2) is 131 Å². The van der Waals surface area contributed by atoms with Crippen molar-refractivity contribution < 1.29 is 14.3 Å². The molecule has 0 aliphatic rings. The third-order valence-corrected chi connectivity index (χ3v) is 6.09. The SMILES string of the molecule is [C-]#[N+]/C(=C\c1ccc(-c2ccc(/C=C/c3ccc(N(c4ccccc4)c4ccccc4)cc3)o2)cc1)C(=O)O. The summed E-state index contributed by atoms with van der Waals surface area (Å²) in [4.78, 5) is 16.3. The van der Waals surface area contributed by atoms with Gasteiger partial charge >= 0.3 is 5.97 Å². The van der Waals surface area contributed by atoms with Gasteiger partial charge in [-0.15, -0.1) is 0 Å². The summed E-state index contributed by atoms with van der Waals surface area (Å²) in [6.07, 6.45) is 5.28. The summed E-state index contributed by atoms with van der Waals surface area (Å²) in [6, 6.07) is 39.9. The Morgan fingerprint density at radius 3 is 1.82 bits per heavy atom. The molecule has 0 saturated heterocycles. The van der Waals surface area contributed by atoms with Crippen LogP contribution in [0.2, 0.25) is 0 Å². The Kier molecular flexibility index (Phi) is 7.48. The molecule has 0 saturated carbocycles. The minimum Gasteiger partial charge on any atom is -0.486 e. The first kappa shape index (κ1) is 25.1. The quantitative estimate of drug-likeness (QED) is 0.168. The fourth-order valence-corrected chi connectivity index (χ4v) is 4.16. The van der Waals surface area contributed by atoms with Crippen LogP contribution in [-0.4, -0.2) is 11.1 Å². The fourth-order valence-electron chi connectivity index (χ4n) is 4.16. The molecular weight excluding hydrogens is 484 g/mol. The Balaban J connectivity index is 1.31. The van der Waals surface area contributed by atoms with Crippen LogP contribution in [0.5, 0.6) is 0 Å². The number of anilines is 3. The number of carboxylic acid groups (broad SMARTS) is 1. The van der Waals surface area contributed by atoms with Crippen LogP contribution in [-0.2, 0) is 4.79 Å². The zero-order valence-electron chi connectivity index (χ0n) is 20.9. The summed E-state index contributed by atoms with van der Waals surface area (Å²) in [5.41, 5.74) is 5.46. The van der Waals surface area contributed by atoms with E-state index in [4.69, 9.17) is 16.1 Å². The summed E-state index contributed by atoms with van der Waals surface area (Å²) < 4.78 is 6.00. The van der Waals surface area contributed by atoms with Gasteiger partial charge in [-0.05, 0) is 71.8 Å². The number of furan rings is 1.